The van der Waals surface area contributed by atoms with Crippen LogP contribution in [0.5, 0.6) is 0 Å². The molecule has 0 nitrogen and oxygen atoms in total. The first-order valence-corrected chi connectivity index (χ1v) is 3.14. The van der Waals surface area contributed by atoms with Crippen LogP contribution in [0.25, 0.3) is 0 Å². The van der Waals surface area contributed by atoms with E-state index in [0.29, 0.717) is 0 Å². The highest BCUT2D eigenvalue weighted by atomic mass is 13.6. The molecule has 0 N–H and O–H groups in total. The molecule has 9 heavy (non-hydrogen) atoms. The number of rotatable bonds is 1. The quantitative estimate of drug-likeness (QED) is 0.371. The van der Waals surface area contributed by atoms with Gasteiger partial charge < -0.3 is 0 Å². The fraction of sp³-hybridized carbons (Fsp3) is 0.333. The van der Waals surface area contributed by atoms with E-state index in [9.17, 15) is 0 Å². The lowest BCUT2D eigenvalue weighted by Crippen LogP contribution is -1.40. The number of allylic oxidation sites excluding steroid dienone is 5. The maximum atomic E-state index is 3.36. The standard InChI is InChI=1S/C6H10.C3H6/c1-3-5-6-4-2;1-3-2/h3-6H,1-2H3;3H,1H2,2H3/b5-3-,6-4-;. The lowest BCUT2D eigenvalue weighted by atomic mass is 10.5. The van der Waals surface area contributed by atoms with E-state index in [1.165, 1.54) is 0 Å². The predicted octanol–water partition coefficient (Wildman–Crippen LogP) is 3.33. The van der Waals surface area contributed by atoms with Crippen molar-refractivity contribution in [3.8, 4) is 0 Å². The minimum Gasteiger partial charge on any atom is -0.103 e. The molecule has 0 unspecified atom stereocenters. The molecule has 52 valence electrons. The zero-order valence-corrected chi connectivity index (χ0v) is 6.59. The maximum absolute atomic E-state index is 3.36. The topological polar surface area (TPSA) is 0 Å². The van der Waals surface area contributed by atoms with Crippen LogP contribution >= 0.6 is 0 Å². The van der Waals surface area contributed by atoms with Crippen LogP contribution in [0.3, 0.4) is 0 Å². The third kappa shape index (κ3) is 39.9. The van der Waals surface area contributed by atoms with Crippen molar-refractivity contribution in [1.29, 1.82) is 0 Å². The van der Waals surface area contributed by atoms with Crippen LogP contribution in [0.4, 0.5) is 0 Å². The van der Waals surface area contributed by atoms with Crippen molar-refractivity contribution >= 4 is 0 Å². The molecule has 0 bridgehead atoms. The Bertz CT molecular complexity index is 76.2. The fourth-order valence-corrected chi connectivity index (χ4v) is 0.222. The normalized spacial score (nSPS) is 9.22. The average Bonchev–Trinajstić information content (AvgIpc) is 1.86. The van der Waals surface area contributed by atoms with Crippen LogP contribution < -0.4 is 0 Å². The molecule has 0 aliphatic carbocycles. The Morgan fingerprint density at radius 2 is 1.11 bits per heavy atom. The molecule has 0 fully saturated rings. The van der Waals surface area contributed by atoms with Crippen molar-refractivity contribution < 1.29 is 0 Å². The minimum absolute atomic E-state index is 1.75. The SMILES string of the molecule is C/C=C\C=C/C.C=CC. The van der Waals surface area contributed by atoms with E-state index in [2.05, 4.69) is 6.58 Å². The third-order valence-electron chi connectivity index (χ3n) is 0.496. The minimum atomic E-state index is 1.75. The summed E-state index contributed by atoms with van der Waals surface area (Å²) < 4.78 is 0. The summed E-state index contributed by atoms with van der Waals surface area (Å²) in [7, 11) is 0. The molecule has 0 atom stereocenters. The van der Waals surface area contributed by atoms with Gasteiger partial charge in [-0.15, -0.1) is 6.58 Å². The van der Waals surface area contributed by atoms with Gasteiger partial charge in [0.15, 0.2) is 0 Å². The van der Waals surface area contributed by atoms with E-state index in [4.69, 9.17) is 0 Å². The predicted molar refractivity (Wildman–Crippen MR) is 45.5 cm³/mol. The molecule has 0 radical (unpaired) electrons. The highest BCUT2D eigenvalue weighted by Gasteiger charge is 1.48. The van der Waals surface area contributed by atoms with E-state index in [1.54, 1.807) is 6.08 Å². The second-order valence-corrected chi connectivity index (χ2v) is 1.46. The van der Waals surface area contributed by atoms with E-state index >= 15 is 0 Å². The van der Waals surface area contributed by atoms with Gasteiger partial charge in [-0.3, -0.25) is 0 Å². The molecular weight excluding hydrogens is 108 g/mol. The van der Waals surface area contributed by atoms with Gasteiger partial charge >= 0.3 is 0 Å². The van der Waals surface area contributed by atoms with E-state index < -0.39 is 0 Å². The second-order valence-electron chi connectivity index (χ2n) is 1.46. The first-order valence-electron chi connectivity index (χ1n) is 3.14. The monoisotopic (exact) mass is 124 g/mol. The first kappa shape index (κ1) is 11.1. The highest BCUT2D eigenvalue weighted by Crippen LogP contribution is 1.71. The van der Waals surface area contributed by atoms with Crippen LogP contribution in [0.2, 0.25) is 0 Å². The molecule has 0 aliphatic heterocycles. The van der Waals surface area contributed by atoms with Gasteiger partial charge in [-0.05, 0) is 20.8 Å². The van der Waals surface area contributed by atoms with Gasteiger partial charge in [-0.2, -0.15) is 0 Å². The van der Waals surface area contributed by atoms with Gasteiger partial charge in [-0.25, -0.2) is 0 Å². The summed E-state index contributed by atoms with van der Waals surface area (Å²) in [5.41, 5.74) is 0. The van der Waals surface area contributed by atoms with E-state index in [-0.39, 0.29) is 0 Å². The van der Waals surface area contributed by atoms with Crippen LogP contribution in [0, 0.1) is 0 Å². The van der Waals surface area contributed by atoms with Crippen molar-refractivity contribution in [1.82, 2.24) is 0 Å². The Morgan fingerprint density at radius 3 is 1.22 bits per heavy atom. The molecule has 0 aromatic rings. The zero-order chi connectivity index (χ0) is 7.54. The molecule has 0 rings (SSSR count). The largest absolute Gasteiger partial charge is 0.103 e. The Morgan fingerprint density at radius 1 is 0.889 bits per heavy atom. The summed E-state index contributed by atoms with van der Waals surface area (Å²) in [5.74, 6) is 0. The summed E-state index contributed by atoms with van der Waals surface area (Å²) in [6.45, 7) is 9.25. The summed E-state index contributed by atoms with van der Waals surface area (Å²) in [6, 6.07) is 0. The maximum Gasteiger partial charge on any atom is -0.0467 e. The molecule has 0 spiro atoms. The molecule has 0 saturated heterocycles. The van der Waals surface area contributed by atoms with Crippen LogP contribution in [-0.4, -0.2) is 0 Å². The molecule has 0 aromatic carbocycles. The molecular formula is C9H16. The Balaban J connectivity index is 0. The summed E-state index contributed by atoms with van der Waals surface area (Å²) in [4.78, 5) is 0. The van der Waals surface area contributed by atoms with Crippen molar-refractivity contribution in [2.24, 2.45) is 0 Å². The Kier molecular flexibility index (Phi) is 19.3. The van der Waals surface area contributed by atoms with Crippen LogP contribution in [0.1, 0.15) is 20.8 Å². The summed E-state index contributed by atoms with van der Waals surface area (Å²) >= 11 is 0. The first-order chi connectivity index (χ1) is 4.33. The Labute approximate surface area is 58.6 Å². The molecule has 0 saturated carbocycles. The molecule has 0 amide bonds. The van der Waals surface area contributed by atoms with Crippen LogP contribution in [0.15, 0.2) is 37.0 Å². The lowest BCUT2D eigenvalue weighted by molar-refractivity contribution is 1.69. The second kappa shape index (κ2) is 15.7. The number of hydrogen-bond acceptors (Lipinski definition) is 0. The van der Waals surface area contributed by atoms with Gasteiger partial charge in [0.2, 0.25) is 0 Å². The van der Waals surface area contributed by atoms with Gasteiger partial charge in [-0.1, -0.05) is 30.4 Å². The van der Waals surface area contributed by atoms with Crippen molar-refractivity contribution in [3.05, 3.63) is 37.0 Å². The lowest BCUT2D eigenvalue weighted by Gasteiger charge is -1.62. The Hall–Kier alpha value is -0.780. The van der Waals surface area contributed by atoms with Crippen molar-refractivity contribution in [2.45, 2.75) is 20.8 Å². The molecule has 0 heterocycles. The summed E-state index contributed by atoms with van der Waals surface area (Å²) in [6.07, 6.45) is 9.75. The average molecular weight is 124 g/mol. The zero-order valence-electron chi connectivity index (χ0n) is 6.59. The van der Waals surface area contributed by atoms with Gasteiger partial charge in [0, 0.05) is 0 Å². The summed E-state index contributed by atoms with van der Waals surface area (Å²) in [5, 5.41) is 0. The van der Waals surface area contributed by atoms with Crippen molar-refractivity contribution in [2.75, 3.05) is 0 Å². The van der Waals surface area contributed by atoms with Gasteiger partial charge in [0.05, 0.1) is 0 Å². The fourth-order valence-electron chi connectivity index (χ4n) is 0.222. The van der Waals surface area contributed by atoms with Gasteiger partial charge in [0.1, 0.15) is 0 Å². The number of hydrogen-bond donors (Lipinski definition) is 0. The molecule has 0 aromatic heterocycles. The van der Waals surface area contributed by atoms with E-state index in [1.807, 2.05) is 45.1 Å². The highest BCUT2D eigenvalue weighted by molar-refractivity contribution is 4.98. The smallest absolute Gasteiger partial charge is 0.0467 e. The third-order valence-corrected chi connectivity index (χ3v) is 0.496. The van der Waals surface area contributed by atoms with E-state index in [0.717, 1.165) is 0 Å². The van der Waals surface area contributed by atoms with Crippen LogP contribution in [-0.2, 0) is 0 Å². The molecule has 0 aliphatic rings. The molecule has 0 heteroatoms. The van der Waals surface area contributed by atoms with Crippen molar-refractivity contribution in [3.63, 3.8) is 0 Å². The van der Waals surface area contributed by atoms with Gasteiger partial charge in [0.25, 0.3) is 0 Å².